The average Bonchev–Trinajstić information content (AvgIpc) is 2.78. The van der Waals surface area contributed by atoms with Crippen LogP contribution in [0.4, 0.5) is 18.9 Å². The highest BCUT2D eigenvalue weighted by molar-refractivity contribution is 7.92. The highest BCUT2D eigenvalue weighted by Gasteiger charge is 2.34. The Hall–Kier alpha value is -2.85. The van der Waals surface area contributed by atoms with E-state index < -0.39 is 27.5 Å². The molecule has 4 rings (SSSR count). The first kappa shape index (κ1) is 26.2. The fourth-order valence-electron chi connectivity index (χ4n) is 4.64. The Balaban J connectivity index is 1.30. The Bertz CT molecular complexity index is 1320. The highest BCUT2D eigenvalue weighted by Crippen LogP contribution is 2.36. The summed E-state index contributed by atoms with van der Waals surface area (Å²) in [5, 5.41) is 0.989. The number of piperidine rings is 1. The molecule has 0 unspecified atom stereocenters. The monoisotopic (exact) mass is 521 g/mol. The molecule has 0 radical (unpaired) electrons. The van der Waals surface area contributed by atoms with Gasteiger partial charge in [0.15, 0.2) is 0 Å². The van der Waals surface area contributed by atoms with E-state index in [-0.39, 0.29) is 0 Å². The van der Waals surface area contributed by atoms with Gasteiger partial charge < -0.3 is 4.74 Å². The molecule has 36 heavy (non-hydrogen) atoms. The Morgan fingerprint density at radius 3 is 2.56 bits per heavy atom. The van der Waals surface area contributed by atoms with Gasteiger partial charge in [-0.25, -0.2) is 8.42 Å². The van der Waals surface area contributed by atoms with E-state index in [1.54, 1.807) is 0 Å². The number of hydrogen-bond donors (Lipinski definition) is 1. The number of likely N-dealkylation sites (tertiary alicyclic amines) is 1. The molecule has 0 spiro atoms. The summed E-state index contributed by atoms with van der Waals surface area (Å²) in [6.45, 7) is 5.04. The zero-order chi connectivity index (χ0) is 25.9. The van der Waals surface area contributed by atoms with Gasteiger partial charge in [0, 0.05) is 17.6 Å². The van der Waals surface area contributed by atoms with Crippen LogP contribution in [0.2, 0.25) is 0 Å². The smallest absolute Gasteiger partial charge is 0.418 e. The molecule has 0 atom stereocenters. The summed E-state index contributed by atoms with van der Waals surface area (Å²) >= 11 is 0. The fourth-order valence-corrected chi connectivity index (χ4v) is 5.20. The van der Waals surface area contributed by atoms with E-state index in [9.17, 15) is 21.6 Å². The number of fused-ring (bicyclic) bond motifs is 1. The van der Waals surface area contributed by atoms with Crippen molar-refractivity contribution in [2.45, 2.75) is 32.4 Å². The van der Waals surface area contributed by atoms with Crippen molar-refractivity contribution >= 4 is 26.6 Å². The highest BCUT2D eigenvalue weighted by atomic mass is 32.2. The van der Waals surface area contributed by atoms with Crippen LogP contribution in [0.1, 0.15) is 29.7 Å². The normalized spacial score (nSPS) is 15.8. The van der Waals surface area contributed by atoms with Gasteiger partial charge in [-0.1, -0.05) is 12.1 Å². The standard InChI is InChI=1S/C26H30F3N3O3S/c1-18-6-8-21-23(30-18)4-3-5-25(21)35-15-14-32-12-10-19(11-13-32)16-20-7-9-22(26(27,28)29)24(17-20)31-36(2,33)34/h3-9,17,19,31H,10-16H2,1-2H3. The number of aryl methyl sites for hydroxylation is 1. The second kappa shape index (κ2) is 10.6. The molecule has 0 bridgehead atoms. The van der Waals surface area contributed by atoms with Crippen molar-refractivity contribution in [2.24, 2.45) is 5.92 Å². The first-order valence-corrected chi connectivity index (χ1v) is 13.8. The van der Waals surface area contributed by atoms with Crippen LogP contribution in [0.5, 0.6) is 5.75 Å². The lowest BCUT2D eigenvalue weighted by molar-refractivity contribution is -0.136. The molecule has 1 aliphatic heterocycles. The largest absolute Gasteiger partial charge is 0.492 e. The predicted octanol–water partition coefficient (Wildman–Crippen LogP) is 5.27. The summed E-state index contributed by atoms with van der Waals surface area (Å²) in [5.41, 5.74) is 1.16. The molecule has 3 aromatic rings. The number of anilines is 1. The first-order valence-electron chi connectivity index (χ1n) is 11.9. The maximum atomic E-state index is 13.3. The maximum absolute atomic E-state index is 13.3. The maximum Gasteiger partial charge on any atom is 0.418 e. The molecule has 1 saturated heterocycles. The topological polar surface area (TPSA) is 71.5 Å². The zero-order valence-electron chi connectivity index (χ0n) is 20.3. The second-order valence-electron chi connectivity index (χ2n) is 9.36. The number of pyridine rings is 1. The third-order valence-corrected chi connectivity index (χ3v) is 7.00. The predicted molar refractivity (Wildman–Crippen MR) is 135 cm³/mol. The van der Waals surface area contributed by atoms with Gasteiger partial charge in [-0.05, 0) is 87.2 Å². The first-order chi connectivity index (χ1) is 17.0. The summed E-state index contributed by atoms with van der Waals surface area (Å²) in [6, 6.07) is 13.6. The van der Waals surface area contributed by atoms with Crippen LogP contribution in [0.15, 0.2) is 48.5 Å². The SMILES string of the molecule is Cc1ccc2c(OCCN3CCC(Cc4ccc(C(F)(F)F)c(NS(C)(=O)=O)c4)CC3)cccc2n1. The minimum atomic E-state index is -4.64. The van der Waals surface area contributed by atoms with Crippen LogP contribution in [-0.2, 0) is 22.6 Å². The Morgan fingerprint density at radius 2 is 1.86 bits per heavy atom. The van der Waals surface area contributed by atoms with Crippen molar-refractivity contribution in [2.75, 3.05) is 37.2 Å². The van der Waals surface area contributed by atoms with Crippen LogP contribution in [-0.4, -0.2) is 50.8 Å². The van der Waals surface area contributed by atoms with Gasteiger partial charge in [-0.3, -0.25) is 14.6 Å². The summed E-state index contributed by atoms with van der Waals surface area (Å²) in [5.74, 6) is 1.13. The summed E-state index contributed by atoms with van der Waals surface area (Å²) in [4.78, 5) is 6.86. The van der Waals surface area contributed by atoms with Crippen LogP contribution >= 0.6 is 0 Å². The van der Waals surface area contributed by atoms with Crippen molar-refractivity contribution in [3.8, 4) is 5.75 Å². The number of aromatic nitrogens is 1. The van der Waals surface area contributed by atoms with Crippen LogP contribution in [0.3, 0.4) is 0 Å². The van der Waals surface area contributed by atoms with E-state index in [1.165, 1.54) is 12.1 Å². The van der Waals surface area contributed by atoms with Crippen molar-refractivity contribution < 1.29 is 26.3 Å². The number of nitrogens with zero attached hydrogens (tertiary/aromatic N) is 2. The van der Waals surface area contributed by atoms with Gasteiger partial charge in [0.1, 0.15) is 12.4 Å². The molecular weight excluding hydrogens is 491 g/mol. The molecular formula is C26H30F3N3O3S. The molecule has 10 heteroatoms. The van der Waals surface area contributed by atoms with Crippen molar-refractivity contribution in [3.05, 3.63) is 65.4 Å². The molecule has 1 fully saturated rings. The number of benzene rings is 2. The van der Waals surface area contributed by atoms with Crippen LogP contribution < -0.4 is 9.46 Å². The number of nitrogens with one attached hydrogen (secondary N) is 1. The summed E-state index contributed by atoms with van der Waals surface area (Å²) in [7, 11) is -3.83. The number of hydrogen-bond acceptors (Lipinski definition) is 5. The van der Waals surface area contributed by atoms with Gasteiger partial charge in [0.05, 0.1) is 23.0 Å². The van der Waals surface area contributed by atoms with E-state index in [2.05, 4.69) is 9.88 Å². The van der Waals surface area contributed by atoms with Gasteiger partial charge in [0.25, 0.3) is 0 Å². The minimum absolute atomic E-state index is 0.317. The number of alkyl halides is 3. The lowest BCUT2D eigenvalue weighted by Crippen LogP contribution is -2.37. The molecule has 0 amide bonds. The fraction of sp³-hybridized carbons (Fsp3) is 0.423. The van der Waals surface area contributed by atoms with Gasteiger partial charge in [-0.15, -0.1) is 0 Å². The number of halogens is 3. The van der Waals surface area contributed by atoms with Gasteiger partial charge in [-0.2, -0.15) is 13.2 Å². The summed E-state index contributed by atoms with van der Waals surface area (Å²) < 4.78 is 71.1. The van der Waals surface area contributed by atoms with Crippen LogP contribution in [0.25, 0.3) is 10.9 Å². The number of rotatable bonds is 8. The van der Waals surface area contributed by atoms with E-state index in [0.717, 1.165) is 67.1 Å². The van der Waals surface area contributed by atoms with Crippen molar-refractivity contribution in [1.82, 2.24) is 9.88 Å². The lowest BCUT2D eigenvalue weighted by atomic mass is 9.89. The van der Waals surface area contributed by atoms with E-state index in [4.69, 9.17) is 4.74 Å². The number of sulfonamides is 1. The quantitative estimate of drug-likeness (QED) is 0.438. The molecule has 1 aliphatic rings. The molecule has 1 aromatic heterocycles. The summed E-state index contributed by atoms with van der Waals surface area (Å²) in [6.07, 6.45) is -1.37. The lowest BCUT2D eigenvalue weighted by Gasteiger charge is -2.32. The van der Waals surface area contributed by atoms with Crippen molar-refractivity contribution in [3.63, 3.8) is 0 Å². The van der Waals surface area contributed by atoms with E-state index in [1.807, 2.05) is 42.0 Å². The molecule has 194 valence electrons. The number of ether oxygens (including phenoxy) is 1. The Morgan fingerprint density at radius 1 is 1.11 bits per heavy atom. The molecule has 2 aromatic carbocycles. The molecule has 6 nitrogen and oxygen atoms in total. The molecule has 0 saturated carbocycles. The zero-order valence-corrected chi connectivity index (χ0v) is 21.1. The van der Waals surface area contributed by atoms with Gasteiger partial charge >= 0.3 is 6.18 Å². The van der Waals surface area contributed by atoms with E-state index >= 15 is 0 Å². The molecule has 0 aliphatic carbocycles. The third kappa shape index (κ3) is 6.88. The Kier molecular flexibility index (Phi) is 7.75. The van der Waals surface area contributed by atoms with Crippen molar-refractivity contribution in [1.29, 1.82) is 0 Å². The van der Waals surface area contributed by atoms with Gasteiger partial charge in [0.2, 0.25) is 10.0 Å². The molecule has 1 N–H and O–H groups in total. The minimum Gasteiger partial charge on any atom is -0.492 e. The van der Waals surface area contributed by atoms with Crippen LogP contribution in [0, 0.1) is 12.8 Å². The Labute approximate surface area is 209 Å². The third-order valence-electron chi connectivity index (χ3n) is 6.41. The molecule has 2 heterocycles. The average molecular weight is 522 g/mol. The van der Waals surface area contributed by atoms with E-state index in [0.29, 0.717) is 24.5 Å². The second-order valence-corrected chi connectivity index (χ2v) is 11.1.